The van der Waals surface area contributed by atoms with E-state index in [9.17, 15) is 18.4 Å². The molecule has 1 aliphatic heterocycles. The molecule has 0 spiro atoms. The highest BCUT2D eigenvalue weighted by atomic mass is 19.3. The van der Waals surface area contributed by atoms with Gasteiger partial charge < -0.3 is 19.2 Å². The molecule has 6 rings (SSSR count). The number of alkyl halides is 2. The van der Waals surface area contributed by atoms with E-state index in [2.05, 4.69) is 12.2 Å². The van der Waals surface area contributed by atoms with Gasteiger partial charge in [0.1, 0.15) is 17.1 Å². The summed E-state index contributed by atoms with van der Waals surface area (Å²) in [5.74, 6) is -0.265. The Labute approximate surface area is 193 Å². The van der Waals surface area contributed by atoms with Gasteiger partial charge in [-0.05, 0) is 51.2 Å². The van der Waals surface area contributed by atoms with Gasteiger partial charge in [-0.15, -0.1) is 0 Å². The number of imidazole rings is 1. The fraction of sp³-hybridized carbons (Fsp3) is 0.458. The number of anilines is 1. The smallest absolute Gasteiger partial charge is 0.321 e. The molecule has 2 unspecified atom stereocenters. The van der Waals surface area contributed by atoms with Gasteiger partial charge in [-0.1, -0.05) is 0 Å². The number of nitrogens with one attached hydrogen (secondary N) is 1. The molecule has 2 atom stereocenters. The van der Waals surface area contributed by atoms with Crippen LogP contribution in [-0.4, -0.2) is 38.2 Å². The van der Waals surface area contributed by atoms with E-state index in [1.54, 1.807) is 16.7 Å². The number of hydrogen-bond donors (Lipinski definition) is 1. The first-order valence-electron chi connectivity index (χ1n) is 11.4. The van der Waals surface area contributed by atoms with E-state index >= 15 is 0 Å². The minimum Gasteiger partial charge on any atom is -0.489 e. The van der Waals surface area contributed by atoms with Gasteiger partial charge in [0, 0.05) is 30.1 Å². The average molecular weight is 470 g/mol. The number of nitrogens with zero attached hydrogens (tertiary/aromatic N) is 3. The SMILES string of the molecule is CC12CCC(c3cn4cc(C(=O)Nc5cccn(C(F)F)c5=O)c(OC5CC5)cc4n3)(CO1)C2. The molecule has 2 saturated carbocycles. The lowest BCUT2D eigenvalue weighted by Gasteiger charge is -2.24. The van der Waals surface area contributed by atoms with E-state index < -0.39 is 18.0 Å². The summed E-state index contributed by atoms with van der Waals surface area (Å²) in [6.07, 6.45) is 9.21. The Balaban J connectivity index is 1.37. The minimum atomic E-state index is -3.00. The Hall–Kier alpha value is -3.27. The van der Waals surface area contributed by atoms with E-state index in [0.717, 1.165) is 44.0 Å². The van der Waals surface area contributed by atoms with Crippen LogP contribution in [0.25, 0.3) is 5.65 Å². The van der Waals surface area contributed by atoms with Crippen molar-refractivity contribution in [3.8, 4) is 5.75 Å². The number of aromatic nitrogens is 3. The van der Waals surface area contributed by atoms with E-state index in [1.165, 1.54) is 12.1 Å². The number of rotatable bonds is 6. The molecule has 3 aliphatic rings. The Morgan fingerprint density at radius 2 is 2.15 bits per heavy atom. The van der Waals surface area contributed by atoms with E-state index in [0.29, 0.717) is 18.0 Å². The summed E-state index contributed by atoms with van der Waals surface area (Å²) in [4.78, 5) is 30.3. The normalized spacial score (nSPS) is 25.9. The summed E-state index contributed by atoms with van der Waals surface area (Å²) in [6.45, 7) is -0.251. The van der Waals surface area contributed by atoms with Crippen LogP contribution in [0.1, 0.15) is 61.6 Å². The standard InChI is InChI=1S/C24H24F2N4O4/c1-23-6-7-24(12-23,13-33-23)18-11-29-10-15(17(9-19(29)28-18)34-14-4-5-14)20(31)27-16-3-2-8-30(21(16)32)22(25)26/h2-3,8-11,14,22H,4-7,12-13H2,1H3,(H,27,31). The molecule has 10 heteroatoms. The molecule has 3 fully saturated rings. The second-order valence-corrected chi connectivity index (χ2v) is 9.82. The second-order valence-electron chi connectivity index (χ2n) is 9.82. The van der Waals surface area contributed by atoms with Crippen LogP contribution in [-0.2, 0) is 10.2 Å². The van der Waals surface area contributed by atoms with Crippen molar-refractivity contribution in [1.29, 1.82) is 0 Å². The fourth-order valence-electron chi connectivity index (χ4n) is 5.10. The summed E-state index contributed by atoms with van der Waals surface area (Å²) in [7, 11) is 0. The number of ether oxygens (including phenoxy) is 2. The highest BCUT2D eigenvalue weighted by Gasteiger charge is 2.55. The van der Waals surface area contributed by atoms with Gasteiger partial charge in [0.2, 0.25) is 0 Å². The average Bonchev–Trinajstić information content (AvgIpc) is 3.25. The monoisotopic (exact) mass is 470 g/mol. The largest absolute Gasteiger partial charge is 0.489 e. The maximum absolute atomic E-state index is 13.2. The Bertz CT molecular complexity index is 1350. The number of pyridine rings is 2. The molecule has 178 valence electrons. The van der Waals surface area contributed by atoms with Crippen molar-refractivity contribution in [3.63, 3.8) is 0 Å². The zero-order valence-electron chi connectivity index (χ0n) is 18.6. The predicted molar refractivity (Wildman–Crippen MR) is 119 cm³/mol. The Morgan fingerprint density at radius 3 is 2.79 bits per heavy atom. The van der Waals surface area contributed by atoms with Crippen LogP contribution >= 0.6 is 0 Å². The first-order chi connectivity index (χ1) is 16.3. The van der Waals surface area contributed by atoms with E-state index in [-0.39, 0.29) is 32.9 Å². The molecule has 8 nitrogen and oxygen atoms in total. The maximum atomic E-state index is 13.2. The van der Waals surface area contributed by atoms with Crippen LogP contribution in [0.5, 0.6) is 5.75 Å². The number of amides is 1. The molecule has 2 aliphatic carbocycles. The molecule has 1 N–H and O–H groups in total. The highest BCUT2D eigenvalue weighted by Crippen LogP contribution is 2.53. The first kappa shape index (κ1) is 21.3. The van der Waals surface area contributed by atoms with Gasteiger partial charge in [-0.2, -0.15) is 8.78 Å². The van der Waals surface area contributed by atoms with Crippen LogP contribution in [0.2, 0.25) is 0 Å². The van der Waals surface area contributed by atoms with Gasteiger partial charge in [-0.3, -0.25) is 14.2 Å². The van der Waals surface area contributed by atoms with Crippen LogP contribution in [0.4, 0.5) is 14.5 Å². The summed E-state index contributed by atoms with van der Waals surface area (Å²) in [5.41, 5.74) is 0.317. The van der Waals surface area contributed by atoms with Gasteiger partial charge in [0.15, 0.2) is 0 Å². The molecule has 1 amide bonds. The van der Waals surface area contributed by atoms with Crippen molar-refractivity contribution in [2.75, 3.05) is 11.9 Å². The zero-order chi connectivity index (χ0) is 23.7. The molecule has 2 bridgehead atoms. The van der Waals surface area contributed by atoms with Gasteiger partial charge in [0.25, 0.3) is 11.5 Å². The lowest BCUT2D eigenvalue weighted by atomic mass is 9.84. The summed E-state index contributed by atoms with van der Waals surface area (Å²) in [5, 5.41) is 2.47. The van der Waals surface area contributed by atoms with E-state index in [4.69, 9.17) is 14.5 Å². The zero-order valence-corrected chi connectivity index (χ0v) is 18.6. The highest BCUT2D eigenvalue weighted by molar-refractivity contribution is 6.06. The third-order valence-corrected chi connectivity index (χ3v) is 7.14. The number of fused-ring (bicyclic) bond motifs is 3. The van der Waals surface area contributed by atoms with E-state index in [1.807, 2.05) is 6.20 Å². The molecule has 34 heavy (non-hydrogen) atoms. The van der Waals surface area contributed by atoms with Crippen LogP contribution in [0.3, 0.4) is 0 Å². The van der Waals surface area contributed by atoms with Crippen LogP contribution < -0.4 is 15.6 Å². The molecule has 3 aromatic heterocycles. The lowest BCUT2D eigenvalue weighted by molar-refractivity contribution is -0.00627. The number of hydrogen-bond acceptors (Lipinski definition) is 5. The third-order valence-electron chi connectivity index (χ3n) is 7.14. The predicted octanol–water partition coefficient (Wildman–Crippen LogP) is 3.90. The molecular formula is C24H24F2N4O4. The molecule has 0 radical (unpaired) electrons. The summed E-state index contributed by atoms with van der Waals surface area (Å²) in [6, 6.07) is 4.30. The minimum absolute atomic E-state index is 0.0218. The van der Waals surface area contributed by atoms with Gasteiger partial charge >= 0.3 is 6.55 Å². The lowest BCUT2D eigenvalue weighted by Crippen LogP contribution is -2.26. The first-order valence-corrected chi connectivity index (χ1v) is 11.4. The molecule has 0 aromatic carbocycles. The number of halogens is 2. The van der Waals surface area contributed by atoms with Crippen molar-refractivity contribution >= 4 is 17.2 Å². The third kappa shape index (κ3) is 3.48. The van der Waals surface area contributed by atoms with Crippen molar-refractivity contribution in [2.24, 2.45) is 0 Å². The quantitative estimate of drug-likeness (QED) is 0.591. The molecular weight excluding hydrogens is 446 g/mol. The number of carbonyl (C=O) groups excluding carboxylic acids is 1. The maximum Gasteiger partial charge on any atom is 0.321 e. The van der Waals surface area contributed by atoms with Crippen molar-refractivity contribution in [1.82, 2.24) is 14.0 Å². The number of carbonyl (C=O) groups is 1. The van der Waals surface area contributed by atoms with Crippen LogP contribution in [0.15, 0.2) is 41.6 Å². The van der Waals surface area contributed by atoms with Crippen LogP contribution in [0, 0.1) is 0 Å². The second kappa shape index (κ2) is 7.36. The van der Waals surface area contributed by atoms with Gasteiger partial charge in [-0.25, -0.2) is 4.98 Å². The Morgan fingerprint density at radius 1 is 1.32 bits per heavy atom. The fourth-order valence-corrected chi connectivity index (χ4v) is 5.10. The molecule has 3 aromatic rings. The molecule has 4 heterocycles. The summed E-state index contributed by atoms with van der Waals surface area (Å²) < 4.78 is 40.2. The van der Waals surface area contributed by atoms with Gasteiger partial charge in [0.05, 0.1) is 29.6 Å². The summed E-state index contributed by atoms with van der Waals surface area (Å²) >= 11 is 0. The Kier molecular flexibility index (Phi) is 4.61. The van der Waals surface area contributed by atoms with Crippen molar-refractivity contribution in [2.45, 2.75) is 62.7 Å². The molecule has 1 saturated heterocycles. The topological polar surface area (TPSA) is 86.9 Å². The van der Waals surface area contributed by atoms with Crippen molar-refractivity contribution < 1.29 is 23.0 Å². The van der Waals surface area contributed by atoms with Crippen molar-refractivity contribution in [3.05, 3.63) is 58.4 Å².